The van der Waals surface area contributed by atoms with E-state index in [2.05, 4.69) is 11.8 Å². The highest BCUT2D eigenvalue weighted by atomic mass is 32.1. The van der Waals surface area contributed by atoms with Crippen LogP contribution in [0.15, 0.2) is 11.4 Å². The van der Waals surface area contributed by atoms with E-state index < -0.39 is 0 Å². The Balaban J connectivity index is 2.52. The third kappa shape index (κ3) is 2.87. The van der Waals surface area contributed by atoms with Crippen molar-refractivity contribution in [3.05, 3.63) is 21.9 Å². The first kappa shape index (κ1) is 10.3. The molecule has 1 atom stereocenters. The zero-order valence-electron chi connectivity index (χ0n) is 8.00. The van der Waals surface area contributed by atoms with Gasteiger partial charge in [0.2, 0.25) is 0 Å². The molecule has 0 bridgehead atoms. The van der Waals surface area contributed by atoms with Gasteiger partial charge in [0, 0.05) is 11.3 Å². The molecule has 1 nitrogen and oxygen atoms in total. The molecule has 70 valence electrons. The maximum absolute atomic E-state index is 9.76. The average Bonchev–Trinajstić information content (AvgIpc) is 2.52. The highest BCUT2D eigenvalue weighted by molar-refractivity contribution is 7.10. The molecule has 0 spiro atoms. The molecule has 0 saturated heterocycles. The molecular weight excluding hydrogens is 180 g/mol. The molecule has 0 radical (unpaired) electrons. The lowest BCUT2D eigenvalue weighted by molar-refractivity contribution is 0.172. The Bertz CT molecular complexity index is 316. The van der Waals surface area contributed by atoms with Crippen LogP contribution in [-0.4, -0.2) is 5.11 Å². The summed E-state index contributed by atoms with van der Waals surface area (Å²) < 4.78 is 0. The van der Waals surface area contributed by atoms with E-state index in [0.717, 1.165) is 17.7 Å². The Kier molecular flexibility index (Phi) is 4.01. The molecule has 1 aromatic heterocycles. The van der Waals surface area contributed by atoms with Crippen LogP contribution < -0.4 is 0 Å². The van der Waals surface area contributed by atoms with E-state index in [-0.39, 0.29) is 6.10 Å². The van der Waals surface area contributed by atoms with Gasteiger partial charge in [0.05, 0.1) is 6.10 Å². The molecule has 0 aliphatic carbocycles. The summed E-state index contributed by atoms with van der Waals surface area (Å²) in [6.45, 7) is 3.85. The first-order valence-electron chi connectivity index (χ1n) is 4.37. The van der Waals surface area contributed by atoms with Crippen molar-refractivity contribution in [3.63, 3.8) is 0 Å². The van der Waals surface area contributed by atoms with Crippen molar-refractivity contribution >= 4 is 11.3 Å². The Morgan fingerprint density at radius 1 is 1.62 bits per heavy atom. The predicted molar refractivity (Wildman–Crippen MR) is 56.7 cm³/mol. The fraction of sp³-hybridized carbons (Fsp3) is 0.455. The SMILES string of the molecule is CC#CCCC(O)c1sccc1C. The van der Waals surface area contributed by atoms with E-state index in [1.807, 2.05) is 25.3 Å². The maximum Gasteiger partial charge on any atom is 0.0893 e. The second-order valence-corrected chi connectivity index (χ2v) is 3.90. The minimum atomic E-state index is -0.333. The molecular formula is C11H14OS. The third-order valence-electron chi connectivity index (χ3n) is 1.92. The molecule has 0 aromatic carbocycles. The summed E-state index contributed by atoms with van der Waals surface area (Å²) in [5, 5.41) is 11.8. The summed E-state index contributed by atoms with van der Waals surface area (Å²) in [6.07, 6.45) is 1.18. The van der Waals surface area contributed by atoms with Crippen LogP contribution in [0.3, 0.4) is 0 Å². The van der Waals surface area contributed by atoms with Crippen molar-refractivity contribution in [1.82, 2.24) is 0 Å². The molecule has 13 heavy (non-hydrogen) atoms. The van der Waals surface area contributed by atoms with Crippen LogP contribution in [-0.2, 0) is 0 Å². The lowest BCUT2D eigenvalue weighted by atomic mass is 10.1. The van der Waals surface area contributed by atoms with Crippen molar-refractivity contribution in [3.8, 4) is 11.8 Å². The van der Waals surface area contributed by atoms with E-state index in [9.17, 15) is 5.11 Å². The summed E-state index contributed by atoms with van der Waals surface area (Å²) in [6, 6.07) is 2.04. The molecule has 0 amide bonds. The largest absolute Gasteiger partial charge is 0.388 e. The molecule has 0 aliphatic rings. The number of thiophene rings is 1. The van der Waals surface area contributed by atoms with Crippen molar-refractivity contribution < 1.29 is 5.11 Å². The molecule has 1 N–H and O–H groups in total. The number of aliphatic hydroxyl groups is 1. The van der Waals surface area contributed by atoms with Crippen molar-refractivity contribution in [2.75, 3.05) is 0 Å². The monoisotopic (exact) mass is 194 g/mol. The van der Waals surface area contributed by atoms with Crippen LogP contribution in [0.4, 0.5) is 0 Å². The van der Waals surface area contributed by atoms with E-state index in [1.54, 1.807) is 11.3 Å². The van der Waals surface area contributed by atoms with Gasteiger partial charge in [-0.25, -0.2) is 0 Å². The van der Waals surface area contributed by atoms with E-state index in [4.69, 9.17) is 0 Å². The lowest BCUT2D eigenvalue weighted by Gasteiger charge is -2.06. The Morgan fingerprint density at radius 2 is 2.38 bits per heavy atom. The number of aryl methyl sites for hydroxylation is 1. The maximum atomic E-state index is 9.76. The first-order chi connectivity index (χ1) is 6.25. The highest BCUT2D eigenvalue weighted by Gasteiger charge is 2.10. The molecule has 0 fully saturated rings. The zero-order chi connectivity index (χ0) is 9.68. The predicted octanol–water partition coefficient (Wildman–Crippen LogP) is 2.89. The van der Waals surface area contributed by atoms with Gasteiger partial charge in [-0.3, -0.25) is 0 Å². The van der Waals surface area contributed by atoms with Crippen LogP contribution in [0, 0.1) is 18.8 Å². The van der Waals surface area contributed by atoms with Gasteiger partial charge in [0.25, 0.3) is 0 Å². The Labute approximate surface area is 83.4 Å². The van der Waals surface area contributed by atoms with Crippen LogP contribution >= 0.6 is 11.3 Å². The van der Waals surface area contributed by atoms with Gasteiger partial charge in [-0.05, 0) is 37.3 Å². The molecule has 1 rings (SSSR count). The van der Waals surface area contributed by atoms with Gasteiger partial charge in [-0.1, -0.05) is 0 Å². The van der Waals surface area contributed by atoms with Crippen LogP contribution in [0.5, 0.6) is 0 Å². The summed E-state index contributed by atoms with van der Waals surface area (Å²) in [7, 11) is 0. The fourth-order valence-electron chi connectivity index (χ4n) is 1.19. The molecule has 0 aliphatic heterocycles. The molecule has 1 unspecified atom stereocenters. The second-order valence-electron chi connectivity index (χ2n) is 2.95. The zero-order valence-corrected chi connectivity index (χ0v) is 8.82. The minimum absolute atomic E-state index is 0.333. The van der Waals surface area contributed by atoms with E-state index >= 15 is 0 Å². The summed E-state index contributed by atoms with van der Waals surface area (Å²) in [5.74, 6) is 5.78. The summed E-state index contributed by atoms with van der Waals surface area (Å²) >= 11 is 1.62. The van der Waals surface area contributed by atoms with Crippen LogP contribution in [0.1, 0.15) is 36.3 Å². The third-order valence-corrected chi connectivity index (χ3v) is 3.04. The van der Waals surface area contributed by atoms with Gasteiger partial charge in [0.15, 0.2) is 0 Å². The van der Waals surface area contributed by atoms with Crippen molar-refractivity contribution in [1.29, 1.82) is 0 Å². The van der Waals surface area contributed by atoms with Gasteiger partial charge in [0.1, 0.15) is 0 Å². The molecule has 0 saturated carbocycles. The highest BCUT2D eigenvalue weighted by Crippen LogP contribution is 2.26. The minimum Gasteiger partial charge on any atom is -0.388 e. The smallest absolute Gasteiger partial charge is 0.0893 e. The molecule has 1 heterocycles. The second kappa shape index (κ2) is 5.06. The number of hydrogen-bond donors (Lipinski definition) is 1. The van der Waals surface area contributed by atoms with E-state index in [1.165, 1.54) is 5.56 Å². The topological polar surface area (TPSA) is 20.2 Å². The summed E-state index contributed by atoms with van der Waals surface area (Å²) in [5.41, 5.74) is 1.18. The Morgan fingerprint density at radius 3 is 2.92 bits per heavy atom. The summed E-state index contributed by atoms with van der Waals surface area (Å²) in [4.78, 5) is 1.08. The first-order valence-corrected chi connectivity index (χ1v) is 5.25. The molecule has 2 heteroatoms. The van der Waals surface area contributed by atoms with Crippen molar-refractivity contribution in [2.45, 2.75) is 32.8 Å². The lowest BCUT2D eigenvalue weighted by Crippen LogP contribution is -1.95. The average molecular weight is 194 g/mol. The normalized spacial score (nSPS) is 11.9. The van der Waals surface area contributed by atoms with Gasteiger partial charge >= 0.3 is 0 Å². The number of aliphatic hydroxyl groups excluding tert-OH is 1. The van der Waals surface area contributed by atoms with Gasteiger partial charge in [-0.15, -0.1) is 23.2 Å². The van der Waals surface area contributed by atoms with E-state index in [0.29, 0.717) is 0 Å². The Hall–Kier alpha value is -0.780. The fourth-order valence-corrected chi connectivity index (χ4v) is 2.14. The standard InChI is InChI=1S/C11H14OS/c1-3-4-5-6-10(12)11-9(2)7-8-13-11/h7-8,10,12H,5-6H2,1-2H3. The van der Waals surface area contributed by atoms with Crippen LogP contribution in [0.25, 0.3) is 0 Å². The van der Waals surface area contributed by atoms with Crippen molar-refractivity contribution in [2.24, 2.45) is 0 Å². The number of rotatable bonds is 3. The van der Waals surface area contributed by atoms with Crippen LogP contribution in [0.2, 0.25) is 0 Å². The van der Waals surface area contributed by atoms with Gasteiger partial charge in [-0.2, -0.15) is 0 Å². The quantitative estimate of drug-likeness (QED) is 0.733. The van der Waals surface area contributed by atoms with Gasteiger partial charge < -0.3 is 5.11 Å². The molecule has 1 aromatic rings. The number of hydrogen-bond acceptors (Lipinski definition) is 2.